The van der Waals surface area contributed by atoms with Crippen LogP contribution in [0.1, 0.15) is 33.1 Å². The first-order valence-corrected chi connectivity index (χ1v) is 7.11. The topological polar surface area (TPSA) is 93.0 Å². The summed E-state index contributed by atoms with van der Waals surface area (Å²) in [4.78, 5) is 18.7. The Bertz CT molecular complexity index is 480. The van der Waals surface area contributed by atoms with E-state index in [1.54, 1.807) is 0 Å². The van der Waals surface area contributed by atoms with Crippen LogP contribution in [0.25, 0.3) is 0 Å². The van der Waals surface area contributed by atoms with Crippen LogP contribution in [0.3, 0.4) is 0 Å². The molecule has 7 heteroatoms. The van der Waals surface area contributed by atoms with Gasteiger partial charge in [0, 0.05) is 13.1 Å². The number of hydrogen-bond acceptors (Lipinski definition) is 6. The van der Waals surface area contributed by atoms with E-state index >= 15 is 0 Å². The number of nitrogens with one attached hydrogen (secondary N) is 2. The second-order valence-electron chi connectivity index (χ2n) is 5.26. The lowest BCUT2D eigenvalue weighted by Crippen LogP contribution is -2.18. The summed E-state index contributed by atoms with van der Waals surface area (Å²) in [5.41, 5.74) is -0.0719. The zero-order chi connectivity index (χ0) is 14.5. The maximum Gasteiger partial charge on any atom is 0.329 e. The van der Waals surface area contributed by atoms with Crippen molar-refractivity contribution in [1.82, 2.24) is 9.97 Å². The maximum absolute atomic E-state index is 11.0. The molecule has 2 N–H and O–H groups in total. The number of nitro groups is 1. The van der Waals surface area contributed by atoms with E-state index in [1.165, 1.54) is 25.5 Å². The zero-order valence-corrected chi connectivity index (χ0v) is 11.9. The molecule has 1 aliphatic rings. The summed E-state index contributed by atoms with van der Waals surface area (Å²) in [6.07, 6.45) is 4.90. The van der Waals surface area contributed by atoms with Crippen molar-refractivity contribution in [2.75, 3.05) is 23.7 Å². The molecule has 1 aliphatic carbocycles. The minimum absolute atomic E-state index is 0.0719. The highest BCUT2D eigenvalue weighted by Gasteiger charge is 2.24. The molecule has 0 bridgehead atoms. The molecule has 110 valence electrons. The van der Waals surface area contributed by atoms with Gasteiger partial charge in [0.1, 0.15) is 6.20 Å². The molecule has 1 saturated carbocycles. The molecule has 7 nitrogen and oxygen atoms in total. The van der Waals surface area contributed by atoms with Crippen LogP contribution in [0, 0.1) is 22.0 Å². The molecule has 0 radical (unpaired) electrons. The molecule has 0 aliphatic heterocycles. The molecule has 1 fully saturated rings. The fraction of sp³-hybridized carbons (Fsp3) is 0.692. The van der Waals surface area contributed by atoms with Gasteiger partial charge in [0.2, 0.25) is 11.8 Å². The second kappa shape index (κ2) is 6.49. The smallest absolute Gasteiger partial charge is 0.329 e. The van der Waals surface area contributed by atoms with E-state index in [1.807, 2.05) is 6.92 Å². The summed E-state index contributed by atoms with van der Waals surface area (Å²) < 4.78 is 0. The molecule has 0 aromatic carbocycles. The Morgan fingerprint density at radius 3 is 2.85 bits per heavy atom. The van der Waals surface area contributed by atoms with Gasteiger partial charge in [-0.05, 0) is 25.2 Å². The van der Waals surface area contributed by atoms with Gasteiger partial charge in [-0.15, -0.1) is 0 Å². The lowest BCUT2D eigenvalue weighted by Gasteiger charge is -2.16. The molecule has 20 heavy (non-hydrogen) atoms. The molecule has 1 heterocycles. The molecule has 1 aromatic rings. The van der Waals surface area contributed by atoms with Gasteiger partial charge in [-0.25, -0.2) is 4.98 Å². The Labute approximate surface area is 118 Å². The van der Waals surface area contributed by atoms with Gasteiger partial charge in [0.25, 0.3) is 0 Å². The predicted molar refractivity (Wildman–Crippen MR) is 77.8 cm³/mol. The molecular weight excluding hydrogens is 258 g/mol. The largest absolute Gasteiger partial charge is 0.364 e. The molecule has 0 saturated heterocycles. The quantitative estimate of drug-likeness (QED) is 0.614. The Morgan fingerprint density at radius 2 is 2.25 bits per heavy atom. The summed E-state index contributed by atoms with van der Waals surface area (Å²) in [6, 6.07) is 0. The lowest BCUT2D eigenvalue weighted by atomic mass is 9.98. The summed E-state index contributed by atoms with van der Waals surface area (Å²) in [7, 11) is 0. The van der Waals surface area contributed by atoms with Crippen molar-refractivity contribution in [3.63, 3.8) is 0 Å². The monoisotopic (exact) mass is 279 g/mol. The van der Waals surface area contributed by atoms with Crippen LogP contribution in [0.2, 0.25) is 0 Å². The molecule has 0 spiro atoms. The van der Waals surface area contributed by atoms with E-state index in [4.69, 9.17) is 0 Å². The molecule has 1 aromatic heterocycles. The van der Waals surface area contributed by atoms with Gasteiger partial charge in [0.05, 0.1) is 4.92 Å². The van der Waals surface area contributed by atoms with Crippen LogP contribution < -0.4 is 10.6 Å². The summed E-state index contributed by atoms with van der Waals surface area (Å²) in [5.74, 6) is 1.95. The van der Waals surface area contributed by atoms with Crippen LogP contribution in [0.15, 0.2) is 6.20 Å². The number of anilines is 2. The Balaban J connectivity index is 2.10. The highest BCUT2D eigenvalue weighted by atomic mass is 16.6. The van der Waals surface area contributed by atoms with Gasteiger partial charge >= 0.3 is 5.69 Å². The number of hydrogen-bond donors (Lipinski definition) is 2. The second-order valence-corrected chi connectivity index (χ2v) is 5.26. The van der Waals surface area contributed by atoms with Crippen molar-refractivity contribution in [2.24, 2.45) is 11.8 Å². The first-order chi connectivity index (χ1) is 9.61. The summed E-state index contributed by atoms with van der Waals surface area (Å²) >= 11 is 0. The molecule has 2 unspecified atom stereocenters. The molecule has 0 amide bonds. The van der Waals surface area contributed by atoms with Crippen molar-refractivity contribution >= 4 is 17.5 Å². The van der Waals surface area contributed by atoms with E-state index in [-0.39, 0.29) is 5.69 Å². The van der Waals surface area contributed by atoms with E-state index in [2.05, 4.69) is 27.5 Å². The van der Waals surface area contributed by atoms with E-state index in [9.17, 15) is 10.1 Å². The SMILES string of the molecule is CCNc1ncc([N+](=O)[O-])c(NCC2CCCC2C)n1. The van der Waals surface area contributed by atoms with E-state index in [0.29, 0.717) is 30.1 Å². The fourth-order valence-electron chi connectivity index (χ4n) is 2.64. The lowest BCUT2D eigenvalue weighted by molar-refractivity contribution is -0.384. The standard InChI is InChI=1S/C13H21N5O2/c1-3-14-13-16-8-11(18(19)20)12(17-13)15-7-10-6-4-5-9(10)2/h8-10H,3-7H2,1-2H3,(H2,14,15,16,17). The highest BCUT2D eigenvalue weighted by molar-refractivity contribution is 5.56. The minimum Gasteiger partial charge on any atom is -0.364 e. The Hall–Kier alpha value is -1.92. The summed E-state index contributed by atoms with van der Waals surface area (Å²) in [6.45, 7) is 5.57. The van der Waals surface area contributed by atoms with Crippen molar-refractivity contribution < 1.29 is 4.92 Å². The van der Waals surface area contributed by atoms with Crippen LogP contribution in [-0.2, 0) is 0 Å². The van der Waals surface area contributed by atoms with Crippen molar-refractivity contribution in [3.8, 4) is 0 Å². The average molecular weight is 279 g/mol. The predicted octanol–water partition coefficient (Wildman–Crippen LogP) is 2.66. The van der Waals surface area contributed by atoms with Crippen molar-refractivity contribution in [3.05, 3.63) is 16.3 Å². The first-order valence-electron chi connectivity index (χ1n) is 7.11. The number of nitrogens with zero attached hydrogens (tertiary/aromatic N) is 3. The third-order valence-corrected chi connectivity index (χ3v) is 3.87. The van der Waals surface area contributed by atoms with Gasteiger partial charge < -0.3 is 10.6 Å². The average Bonchev–Trinajstić information content (AvgIpc) is 2.82. The molecular formula is C13H21N5O2. The Kier molecular flexibility index (Phi) is 4.70. The van der Waals surface area contributed by atoms with Crippen LogP contribution >= 0.6 is 0 Å². The van der Waals surface area contributed by atoms with Gasteiger partial charge in [-0.2, -0.15) is 4.98 Å². The summed E-state index contributed by atoms with van der Waals surface area (Å²) in [5, 5.41) is 17.1. The maximum atomic E-state index is 11.0. The minimum atomic E-state index is -0.448. The number of rotatable bonds is 6. The van der Waals surface area contributed by atoms with E-state index < -0.39 is 4.92 Å². The normalized spacial score (nSPS) is 21.7. The van der Waals surface area contributed by atoms with Crippen LogP contribution in [0.5, 0.6) is 0 Å². The van der Waals surface area contributed by atoms with E-state index in [0.717, 1.165) is 6.54 Å². The highest BCUT2D eigenvalue weighted by Crippen LogP contribution is 2.32. The Morgan fingerprint density at radius 1 is 1.45 bits per heavy atom. The fourth-order valence-corrected chi connectivity index (χ4v) is 2.64. The van der Waals surface area contributed by atoms with Crippen LogP contribution in [0.4, 0.5) is 17.5 Å². The third-order valence-electron chi connectivity index (χ3n) is 3.87. The van der Waals surface area contributed by atoms with Gasteiger partial charge in [0.15, 0.2) is 0 Å². The van der Waals surface area contributed by atoms with Gasteiger partial charge in [-0.1, -0.05) is 19.8 Å². The van der Waals surface area contributed by atoms with Gasteiger partial charge in [-0.3, -0.25) is 10.1 Å². The molecule has 2 rings (SSSR count). The van der Waals surface area contributed by atoms with Crippen molar-refractivity contribution in [2.45, 2.75) is 33.1 Å². The zero-order valence-electron chi connectivity index (χ0n) is 11.9. The van der Waals surface area contributed by atoms with Crippen LogP contribution in [-0.4, -0.2) is 28.0 Å². The first kappa shape index (κ1) is 14.5. The molecule has 2 atom stereocenters. The third kappa shape index (κ3) is 3.34. The number of aromatic nitrogens is 2. The van der Waals surface area contributed by atoms with Crippen molar-refractivity contribution in [1.29, 1.82) is 0 Å².